The number of likely N-dealkylation sites (N-methyl/N-ethyl adjacent to an activating group) is 1. The molecule has 0 spiro atoms. The molecule has 4 rings (SSSR count). The molecule has 3 N–H and O–H groups in total. The minimum Gasteiger partial charge on any atom is -0.354 e. The number of hydrogen-bond donors (Lipinski definition) is 3. The number of carbonyl (C=O) groups is 1. The van der Waals surface area contributed by atoms with Crippen LogP contribution < -0.4 is 15.5 Å². The highest BCUT2D eigenvalue weighted by molar-refractivity contribution is 5.99. The maximum absolute atomic E-state index is 11.6. The van der Waals surface area contributed by atoms with Crippen molar-refractivity contribution in [1.29, 1.82) is 0 Å². The minimum atomic E-state index is -0.247. The molecular formula is C24H28N8O. The van der Waals surface area contributed by atoms with Crippen molar-refractivity contribution in [3.8, 4) is 0 Å². The van der Waals surface area contributed by atoms with Gasteiger partial charge in [0, 0.05) is 49.7 Å². The van der Waals surface area contributed by atoms with Gasteiger partial charge in [0.1, 0.15) is 11.6 Å². The van der Waals surface area contributed by atoms with E-state index >= 15 is 0 Å². The van der Waals surface area contributed by atoms with Crippen LogP contribution in [0.4, 0.5) is 23.1 Å². The quantitative estimate of drug-likeness (QED) is 0.481. The van der Waals surface area contributed by atoms with Crippen molar-refractivity contribution in [3.05, 3.63) is 66.1 Å². The van der Waals surface area contributed by atoms with Crippen LogP contribution in [-0.4, -0.2) is 64.2 Å². The van der Waals surface area contributed by atoms with E-state index in [1.54, 1.807) is 0 Å². The first-order chi connectivity index (χ1) is 16.0. The summed E-state index contributed by atoms with van der Waals surface area (Å²) in [4.78, 5) is 25.6. The van der Waals surface area contributed by atoms with Crippen LogP contribution in [0, 0.1) is 6.92 Å². The summed E-state index contributed by atoms with van der Waals surface area (Å²) in [5.74, 6) is 2.60. The minimum absolute atomic E-state index is 0.247. The van der Waals surface area contributed by atoms with E-state index in [9.17, 15) is 4.79 Å². The molecule has 1 amide bonds. The molecule has 0 saturated carbocycles. The molecule has 0 radical (unpaired) electrons. The number of nitrogens with one attached hydrogen (secondary N) is 3. The fourth-order valence-electron chi connectivity index (χ4n) is 3.49. The molecule has 1 aliphatic heterocycles. The Balaban J connectivity index is 1.60. The number of anilines is 4. The number of H-pyrrole nitrogens is 1. The van der Waals surface area contributed by atoms with Gasteiger partial charge in [0.25, 0.3) is 0 Å². The largest absolute Gasteiger partial charge is 0.354 e. The smallest absolute Gasteiger partial charge is 0.247 e. The molecule has 1 aliphatic rings. The van der Waals surface area contributed by atoms with Crippen molar-refractivity contribution in [2.24, 2.45) is 0 Å². The van der Waals surface area contributed by atoms with Crippen LogP contribution in [0.3, 0.4) is 0 Å². The summed E-state index contributed by atoms with van der Waals surface area (Å²) in [6, 6.07) is 11.4. The van der Waals surface area contributed by atoms with E-state index in [2.05, 4.69) is 49.2 Å². The molecule has 0 aliphatic carbocycles. The van der Waals surface area contributed by atoms with Gasteiger partial charge in [-0.3, -0.25) is 9.89 Å². The van der Waals surface area contributed by atoms with Crippen LogP contribution in [0.25, 0.3) is 12.2 Å². The topological polar surface area (TPSA) is 102 Å². The van der Waals surface area contributed by atoms with Crippen LogP contribution in [0.1, 0.15) is 17.1 Å². The van der Waals surface area contributed by atoms with Gasteiger partial charge in [-0.05, 0) is 43.8 Å². The van der Waals surface area contributed by atoms with Crippen molar-refractivity contribution in [2.75, 3.05) is 48.8 Å². The third-order valence-electron chi connectivity index (χ3n) is 5.28. The third-order valence-corrected chi connectivity index (χ3v) is 5.28. The molecule has 1 saturated heterocycles. The van der Waals surface area contributed by atoms with E-state index in [-0.39, 0.29) is 5.91 Å². The summed E-state index contributed by atoms with van der Waals surface area (Å²) >= 11 is 0. The van der Waals surface area contributed by atoms with Gasteiger partial charge in [0.15, 0.2) is 11.6 Å². The fraction of sp³-hybridized carbons (Fsp3) is 0.250. The van der Waals surface area contributed by atoms with Crippen molar-refractivity contribution in [1.82, 2.24) is 25.1 Å². The highest BCUT2D eigenvalue weighted by Crippen LogP contribution is 2.22. The molecule has 2 aromatic heterocycles. The van der Waals surface area contributed by atoms with Gasteiger partial charge in [0.2, 0.25) is 5.91 Å². The summed E-state index contributed by atoms with van der Waals surface area (Å²) in [5, 5.41) is 13.2. The predicted octanol–water partition coefficient (Wildman–Crippen LogP) is 3.30. The Morgan fingerprint density at radius 3 is 2.64 bits per heavy atom. The lowest BCUT2D eigenvalue weighted by Gasteiger charge is -2.33. The Labute approximate surface area is 193 Å². The Kier molecular flexibility index (Phi) is 6.80. The lowest BCUT2D eigenvalue weighted by Crippen LogP contribution is -2.44. The summed E-state index contributed by atoms with van der Waals surface area (Å²) in [6.07, 6.45) is 5.04. The second-order valence-electron chi connectivity index (χ2n) is 7.97. The van der Waals surface area contributed by atoms with Gasteiger partial charge in [-0.2, -0.15) is 5.10 Å². The van der Waals surface area contributed by atoms with Crippen LogP contribution >= 0.6 is 0 Å². The van der Waals surface area contributed by atoms with E-state index < -0.39 is 0 Å². The highest BCUT2D eigenvalue weighted by atomic mass is 16.1. The van der Waals surface area contributed by atoms with Crippen LogP contribution in [0.5, 0.6) is 0 Å². The molecule has 9 nitrogen and oxygen atoms in total. The number of nitrogens with zero attached hydrogens (tertiary/aromatic N) is 5. The van der Waals surface area contributed by atoms with Gasteiger partial charge < -0.3 is 20.4 Å². The SMILES string of the molecule is C=CC(=O)Nc1cccc(/C=C/c2nc(Nc3cc(C)[nH]n3)cc(N3CCN(C)CC3)n2)c1. The maximum Gasteiger partial charge on any atom is 0.247 e. The predicted molar refractivity (Wildman–Crippen MR) is 133 cm³/mol. The first-order valence-electron chi connectivity index (χ1n) is 10.8. The maximum atomic E-state index is 11.6. The van der Waals surface area contributed by atoms with Crippen molar-refractivity contribution in [2.45, 2.75) is 6.92 Å². The fourth-order valence-corrected chi connectivity index (χ4v) is 3.49. The summed E-state index contributed by atoms with van der Waals surface area (Å²) in [5.41, 5.74) is 2.59. The molecule has 9 heteroatoms. The second-order valence-corrected chi connectivity index (χ2v) is 7.97. The van der Waals surface area contributed by atoms with Crippen LogP contribution in [0.15, 0.2) is 49.1 Å². The summed E-state index contributed by atoms with van der Waals surface area (Å²) in [7, 11) is 2.13. The van der Waals surface area contributed by atoms with Crippen molar-refractivity contribution < 1.29 is 4.79 Å². The molecule has 0 atom stereocenters. The van der Waals surface area contributed by atoms with Gasteiger partial charge in [-0.25, -0.2) is 9.97 Å². The van der Waals surface area contributed by atoms with Crippen molar-refractivity contribution >= 4 is 41.2 Å². The number of carbonyl (C=O) groups excluding carboxylic acids is 1. The first-order valence-corrected chi connectivity index (χ1v) is 10.8. The molecule has 3 aromatic rings. The van der Waals surface area contributed by atoms with E-state index in [1.807, 2.05) is 55.5 Å². The Hall–Kier alpha value is -3.98. The zero-order chi connectivity index (χ0) is 23.2. The van der Waals surface area contributed by atoms with E-state index in [0.29, 0.717) is 23.1 Å². The molecule has 3 heterocycles. The number of hydrogen-bond acceptors (Lipinski definition) is 7. The molecule has 0 bridgehead atoms. The zero-order valence-corrected chi connectivity index (χ0v) is 18.9. The van der Waals surface area contributed by atoms with Crippen molar-refractivity contribution in [3.63, 3.8) is 0 Å². The average Bonchev–Trinajstić information content (AvgIpc) is 3.22. The number of amides is 1. The number of piperazine rings is 1. The number of aromatic amines is 1. The van der Waals surface area contributed by atoms with E-state index in [4.69, 9.17) is 4.98 Å². The standard InChI is InChI=1S/C24H28N8O/c1-4-24(33)25-19-7-5-6-18(15-19)8-9-20-26-21(27-22-14-17(2)29-30-22)16-23(28-20)32-12-10-31(3)11-13-32/h4-9,14-16H,1,10-13H2,2-3H3,(H,25,33)(H2,26,27,28,29,30)/b9-8+. The lowest BCUT2D eigenvalue weighted by atomic mass is 10.2. The Bertz CT molecular complexity index is 1160. The molecule has 170 valence electrons. The number of rotatable bonds is 7. The van der Waals surface area contributed by atoms with Gasteiger partial charge >= 0.3 is 0 Å². The van der Waals surface area contributed by atoms with Gasteiger partial charge in [-0.1, -0.05) is 24.8 Å². The van der Waals surface area contributed by atoms with Crippen LogP contribution in [0.2, 0.25) is 0 Å². The number of benzene rings is 1. The number of aromatic nitrogens is 4. The molecular weight excluding hydrogens is 416 g/mol. The normalized spacial score (nSPS) is 14.4. The lowest BCUT2D eigenvalue weighted by molar-refractivity contribution is -0.111. The third kappa shape index (κ3) is 6.05. The first kappa shape index (κ1) is 22.2. The molecule has 1 aromatic carbocycles. The van der Waals surface area contributed by atoms with E-state index in [0.717, 1.165) is 43.3 Å². The second kappa shape index (κ2) is 10.1. The molecule has 33 heavy (non-hydrogen) atoms. The summed E-state index contributed by atoms with van der Waals surface area (Å²) < 4.78 is 0. The summed E-state index contributed by atoms with van der Waals surface area (Å²) in [6.45, 7) is 9.22. The average molecular weight is 445 g/mol. The van der Waals surface area contributed by atoms with Gasteiger partial charge in [-0.15, -0.1) is 0 Å². The highest BCUT2D eigenvalue weighted by Gasteiger charge is 2.17. The number of aryl methyl sites for hydroxylation is 1. The Morgan fingerprint density at radius 2 is 1.91 bits per heavy atom. The Morgan fingerprint density at radius 1 is 1.09 bits per heavy atom. The van der Waals surface area contributed by atoms with Gasteiger partial charge in [0.05, 0.1) is 0 Å². The molecule has 0 unspecified atom stereocenters. The van der Waals surface area contributed by atoms with Crippen LogP contribution in [-0.2, 0) is 4.79 Å². The monoisotopic (exact) mass is 444 g/mol. The zero-order valence-electron chi connectivity index (χ0n) is 18.9. The van der Waals surface area contributed by atoms with E-state index in [1.165, 1.54) is 6.08 Å². The molecule has 1 fully saturated rings.